The summed E-state index contributed by atoms with van der Waals surface area (Å²) in [6, 6.07) is 29.7. The highest BCUT2D eigenvalue weighted by Crippen LogP contribution is 2.46. The van der Waals surface area contributed by atoms with Gasteiger partial charge in [0.2, 0.25) is 0 Å². The molecule has 8 heteroatoms. The molecule has 1 aliphatic carbocycles. The average molecular weight is 554 g/mol. The molecule has 206 valence electrons. The van der Waals surface area contributed by atoms with Gasteiger partial charge in [0.15, 0.2) is 5.82 Å². The van der Waals surface area contributed by atoms with Crippen molar-refractivity contribution in [3.63, 3.8) is 0 Å². The minimum atomic E-state index is -2.99. The molecule has 2 heterocycles. The summed E-state index contributed by atoms with van der Waals surface area (Å²) in [6.45, 7) is 6.56. The van der Waals surface area contributed by atoms with Gasteiger partial charge < -0.3 is 9.53 Å². The minimum absolute atomic E-state index is 0.0567. The first-order valence-corrected chi connectivity index (χ1v) is 15.9. The Morgan fingerprint density at radius 1 is 0.875 bits per heavy atom. The molecule has 0 bridgehead atoms. The van der Waals surface area contributed by atoms with Crippen molar-refractivity contribution in [1.82, 2.24) is 14.3 Å². The Hall–Kier alpha value is -3.75. The molecule has 0 unspecified atom stereocenters. The third-order valence-electron chi connectivity index (χ3n) is 8.65. The zero-order valence-corrected chi connectivity index (χ0v) is 24.1. The van der Waals surface area contributed by atoms with Gasteiger partial charge in [0.05, 0.1) is 6.04 Å². The molecule has 3 aromatic carbocycles. The Bertz CT molecular complexity index is 1520. The van der Waals surface area contributed by atoms with E-state index in [-0.39, 0.29) is 23.2 Å². The maximum atomic E-state index is 13.7. The van der Waals surface area contributed by atoms with Crippen LogP contribution in [0, 0.1) is 0 Å². The summed E-state index contributed by atoms with van der Waals surface area (Å²) in [4.78, 5) is 26.1. The molecule has 1 saturated carbocycles. The number of carboxylic acid groups (broad SMARTS) is 1. The highest BCUT2D eigenvalue weighted by molar-refractivity contribution is 6.99. The van der Waals surface area contributed by atoms with Crippen molar-refractivity contribution in [3.05, 3.63) is 113 Å². The van der Waals surface area contributed by atoms with Crippen LogP contribution in [0.3, 0.4) is 0 Å². The first-order chi connectivity index (χ1) is 19.2. The molecule has 1 N–H and O–H groups in total. The second-order valence-corrected chi connectivity index (χ2v) is 16.3. The predicted molar refractivity (Wildman–Crippen MR) is 157 cm³/mol. The number of rotatable bonds is 7. The lowest BCUT2D eigenvalue weighted by Crippen LogP contribution is -2.66. The normalized spacial score (nSPS) is 22.5. The standard InChI is InChI=1S/C32H35N3O4Si/c1-32(2,3)40(25-15-9-5-10-16-25,26-17-11-6-12-18-26)39-28-21-27(30(36)37)34-29(28)33-35(31(34)38)24-19-23(20-24)22-13-7-4-8-14-22/h4-18,23-24,27-28H,19-21H2,1-3H3,(H,36,37)/t23?,24?,27-,28-/m0/s1. The average Bonchev–Trinajstić information content (AvgIpc) is 3.45. The van der Waals surface area contributed by atoms with Gasteiger partial charge in [-0.05, 0) is 39.7 Å². The molecule has 2 aliphatic rings. The van der Waals surface area contributed by atoms with E-state index in [2.05, 4.69) is 57.2 Å². The molecule has 0 amide bonds. The summed E-state index contributed by atoms with van der Waals surface area (Å²) in [7, 11) is -2.99. The van der Waals surface area contributed by atoms with Crippen molar-refractivity contribution in [2.75, 3.05) is 0 Å². The van der Waals surface area contributed by atoms with E-state index in [4.69, 9.17) is 9.52 Å². The van der Waals surface area contributed by atoms with Crippen LogP contribution >= 0.6 is 0 Å². The van der Waals surface area contributed by atoms with Crippen LogP contribution in [0.25, 0.3) is 0 Å². The Labute approximate surface area is 235 Å². The van der Waals surface area contributed by atoms with E-state index in [1.54, 1.807) is 0 Å². The maximum Gasteiger partial charge on any atom is 0.347 e. The van der Waals surface area contributed by atoms with Crippen molar-refractivity contribution in [2.45, 2.75) is 69.2 Å². The van der Waals surface area contributed by atoms with Crippen LogP contribution < -0.4 is 16.1 Å². The van der Waals surface area contributed by atoms with Crippen molar-refractivity contribution in [2.24, 2.45) is 0 Å². The molecule has 1 fully saturated rings. The second kappa shape index (κ2) is 10.0. The van der Waals surface area contributed by atoms with Crippen LogP contribution in [0.2, 0.25) is 5.04 Å². The van der Waals surface area contributed by atoms with Crippen molar-refractivity contribution in [1.29, 1.82) is 0 Å². The number of aromatic nitrogens is 3. The molecule has 0 spiro atoms. The minimum Gasteiger partial charge on any atom is -0.480 e. The number of benzene rings is 3. The molecule has 0 radical (unpaired) electrons. The van der Waals surface area contributed by atoms with Gasteiger partial charge in [0.25, 0.3) is 8.32 Å². The van der Waals surface area contributed by atoms with Crippen LogP contribution in [0.15, 0.2) is 95.8 Å². The van der Waals surface area contributed by atoms with Crippen LogP contribution in [-0.2, 0) is 9.22 Å². The Morgan fingerprint density at radius 2 is 1.40 bits per heavy atom. The van der Waals surface area contributed by atoms with E-state index in [0.29, 0.717) is 11.7 Å². The fraction of sp³-hybridized carbons (Fsp3) is 0.344. The number of hydrogen-bond donors (Lipinski definition) is 1. The molecule has 1 aromatic heterocycles. The van der Waals surface area contributed by atoms with E-state index in [0.717, 1.165) is 23.2 Å². The lowest BCUT2D eigenvalue weighted by Gasteiger charge is -2.44. The second-order valence-electron chi connectivity index (χ2n) is 12.0. The van der Waals surface area contributed by atoms with E-state index in [1.807, 2.05) is 54.6 Å². The molecular weight excluding hydrogens is 518 g/mol. The van der Waals surface area contributed by atoms with E-state index in [1.165, 1.54) is 14.8 Å². The van der Waals surface area contributed by atoms with Crippen LogP contribution in [0.4, 0.5) is 0 Å². The number of hydrogen-bond acceptors (Lipinski definition) is 4. The zero-order valence-electron chi connectivity index (χ0n) is 23.1. The number of carbonyl (C=O) groups is 1. The Kier molecular flexibility index (Phi) is 6.63. The molecule has 7 nitrogen and oxygen atoms in total. The van der Waals surface area contributed by atoms with Crippen molar-refractivity contribution < 1.29 is 14.3 Å². The summed E-state index contributed by atoms with van der Waals surface area (Å²) < 4.78 is 10.2. The lowest BCUT2D eigenvalue weighted by atomic mass is 9.76. The van der Waals surface area contributed by atoms with Gasteiger partial charge >= 0.3 is 11.7 Å². The van der Waals surface area contributed by atoms with Crippen LogP contribution in [-0.4, -0.2) is 33.7 Å². The number of nitrogens with zero attached hydrogens (tertiary/aromatic N) is 3. The third kappa shape index (κ3) is 4.26. The van der Waals surface area contributed by atoms with E-state index < -0.39 is 26.4 Å². The Morgan fingerprint density at radius 3 is 1.90 bits per heavy atom. The first kappa shape index (κ1) is 26.5. The van der Waals surface area contributed by atoms with E-state index >= 15 is 0 Å². The molecule has 4 aromatic rings. The van der Waals surface area contributed by atoms with Gasteiger partial charge in [0, 0.05) is 6.42 Å². The predicted octanol–water partition coefficient (Wildman–Crippen LogP) is 4.81. The zero-order chi connectivity index (χ0) is 28.1. The van der Waals surface area contributed by atoms with Gasteiger partial charge in [0.1, 0.15) is 12.1 Å². The topological polar surface area (TPSA) is 86.3 Å². The molecule has 6 rings (SSSR count). The fourth-order valence-corrected chi connectivity index (χ4v) is 11.2. The monoisotopic (exact) mass is 553 g/mol. The summed E-state index contributed by atoms with van der Waals surface area (Å²) in [5, 5.41) is 16.9. The van der Waals surface area contributed by atoms with Gasteiger partial charge in [-0.2, -0.15) is 5.10 Å². The third-order valence-corrected chi connectivity index (χ3v) is 13.7. The maximum absolute atomic E-state index is 13.7. The smallest absolute Gasteiger partial charge is 0.347 e. The molecular formula is C32H35N3O4Si. The number of fused-ring (bicyclic) bond motifs is 1. The van der Waals surface area contributed by atoms with Gasteiger partial charge in [-0.1, -0.05) is 112 Å². The fourth-order valence-electron chi connectivity index (χ4n) is 6.58. The summed E-state index contributed by atoms with van der Waals surface area (Å²) in [5.41, 5.74) is 0.905. The summed E-state index contributed by atoms with van der Waals surface area (Å²) in [6.07, 6.45) is 1.16. The highest BCUT2D eigenvalue weighted by atomic mass is 28.4. The molecule has 2 atom stereocenters. The van der Waals surface area contributed by atoms with Crippen LogP contribution in [0.1, 0.15) is 75.5 Å². The lowest BCUT2D eigenvalue weighted by molar-refractivity contribution is -0.141. The van der Waals surface area contributed by atoms with Gasteiger partial charge in [-0.3, -0.25) is 4.57 Å². The SMILES string of the molecule is CC(C)(C)[Si](O[C@H]1C[C@@H](C(=O)O)n2c1nn(C1CC(c3ccccc3)C1)c2=O)(c1ccccc1)c1ccccc1. The molecule has 0 saturated heterocycles. The largest absolute Gasteiger partial charge is 0.480 e. The van der Waals surface area contributed by atoms with Crippen molar-refractivity contribution in [3.8, 4) is 0 Å². The summed E-state index contributed by atoms with van der Waals surface area (Å²) in [5.74, 6) is -0.241. The number of carboxylic acids is 1. The highest BCUT2D eigenvalue weighted by Gasteiger charge is 2.54. The molecule has 40 heavy (non-hydrogen) atoms. The Balaban J connectivity index is 1.41. The quantitative estimate of drug-likeness (QED) is 0.332. The molecule has 1 aliphatic heterocycles. The van der Waals surface area contributed by atoms with E-state index in [9.17, 15) is 14.7 Å². The van der Waals surface area contributed by atoms with Gasteiger partial charge in [-0.15, -0.1) is 0 Å². The van der Waals surface area contributed by atoms with Crippen molar-refractivity contribution >= 4 is 24.7 Å². The summed E-state index contributed by atoms with van der Waals surface area (Å²) >= 11 is 0. The van der Waals surface area contributed by atoms with Crippen LogP contribution in [0.5, 0.6) is 0 Å². The first-order valence-electron chi connectivity index (χ1n) is 14.0. The number of aliphatic carboxylic acids is 1. The van der Waals surface area contributed by atoms with Gasteiger partial charge in [-0.25, -0.2) is 14.3 Å².